The van der Waals surface area contributed by atoms with Crippen LogP contribution in [0.15, 0.2) is 48.8 Å². The quantitative estimate of drug-likeness (QED) is 0.734. The van der Waals surface area contributed by atoms with E-state index in [9.17, 15) is 5.11 Å². The summed E-state index contributed by atoms with van der Waals surface area (Å²) in [5.74, 6) is 1.13. The van der Waals surface area contributed by atoms with Gasteiger partial charge in [-0.2, -0.15) is 15.0 Å². The molecule has 3 aromatic rings. The van der Waals surface area contributed by atoms with Crippen LogP contribution in [0, 0.1) is 0 Å². The van der Waals surface area contributed by atoms with Crippen molar-refractivity contribution in [3.8, 4) is 23.1 Å². The van der Waals surface area contributed by atoms with E-state index in [1.54, 1.807) is 30.6 Å². The molecule has 0 amide bonds. The highest BCUT2D eigenvalue weighted by atomic mass is 16.5. The molecule has 0 saturated carbocycles. The molecule has 8 heteroatoms. The van der Waals surface area contributed by atoms with Crippen LogP contribution in [0.25, 0.3) is 11.4 Å². The highest BCUT2D eigenvalue weighted by Crippen LogP contribution is 2.24. The van der Waals surface area contributed by atoms with E-state index in [4.69, 9.17) is 9.47 Å². The zero-order valence-electron chi connectivity index (χ0n) is 14.7. The van der Waals surface area contributed by atoms with E-state index in [1.807, 2.05) is 23.1 Å². The molecule has 8 nitrogen and oxygen atoms in total. The van der Waals surface area contributed by atoms with Crippen molar-refractivity contribution in [3.63, 3.8) is 0 Å². The molecule has 0 spiro atoms. The lowest BCUT2D eigenvalue weighted by Crippen LogP contribution is -2.37. The summed E-state index contributed by atoms with van der Waals surface area (Å²) in [5.41, 5.74) is 1.61. The van der Waals surface area contributed by atoms with Crippen LogP contribution in [0.3, 0.4) is 0 Å². The van der Waals surface area contributed by atoms with Crippen LogP contribution in [0.4, 0.5) is 5.95 Å². The second-order valence-electron chi connectivity index (χ2n) is 6.04. The van der Waals surface area contributed by atoms with Gasteiger partial charge in [0.15, 0.2) is 5.82 Å². The number of rotatable bonds is 5. The number of anilines is 1. The minimum absolute atomic E-state index is 0.152. The Morgan fingerprint density at radius 1 is 1.07 bits per heavy atom. The predicted molar refractivity (Wildman–Crippen MR) is 98.5 cm³/mol. The summed E-state index contributed by atoms with van der Waals surface area (Å²) >= 11 is 0. The zero-order chi connectivity index (χ0) is 18.5. The lowest BCUT2D eigenvalue weighted by molar-refractivity contribution is 0.122. The summed E-state index contributed by atoms with van der Waals surface area (Å²) < 4.78 is 11.2. The molecular weight excluding hydrogens is 346 g/mol. The van der Waals surface area contributed by atoms with Crippen molar-refractivity contribution >= 4 is 5.95 Å². The van der Waals surface area contributed by atoms with Crippen molar-refractivity contribution in [2.75, 3.05) is 31.2 Å². The molecule has 0 aliphatic carbocycles. The van der Waals surface area contributed by atoms with Crippen LogP contribution in [-0.4, -0.2) is 51.3 Å². The molecule has 1 aliphatic heterocycles. The molecule has 0 bridgehead atoms. The monoisotopic (exact) mass is 365 g/mol. The van der Waals surface area contributed by atoms with Crippen LogP contribution in [0.1, 0.15) is 5.56 Å². The van der Waals surface area contributed by atoms with Crippen molar-refractivity contribution in [2.45, 2.75) is 6.61 Å². The number of benzene rings is 1. The normalized spacial score (nSPS) is 14.1. The van der Waals surface area contributed by atoms with Gasteiger partial charge in [-0.25, -0.2) is 0 Å². The van der Waals surface area contributed by atoms with Crippen LogP contribution < -0.4 is 9.64 Å². The largest absolute Gasteiger partial charge is 0.508 e. The van der Waals surface area contributed by atoms with Gasteiger partial charge >= 0.3 is 6.01 Å². The van der Waals surface area contributed by atoms with Gasteiger partial charge < -0.3 is 19.5 Å². The van der Waals surface area contributed by atoms with Gasteiger partial charge in [0.2, 0.25) is 5.95 Å². The zero-order valence-corrected chi connectivity index (χ0v) is 14.7. The van der Waals surface area contributed by atoms with Crippen LogP contribution in [0.5, 0.6) is 11.8 Å². The van der Waals surface area contributed by atoms with E-state index in [-0.39, 0.29) is 11.8 Å². The molecule has 27 heavy (non-hydrogen) atoms. The van der Waals surface area contributed by atoms with E-state index in [0.717, 1.165) is 5.56 Å². The number of morpholine rings is 1. The molecule has 1 N–H and O–H groups in total. The van der Waals surface area contributed by atoms with E-state index in [2.05, 4.69) is 19.9 Å². The summed E-state index contributed by atoms with van der Waals surface area (Å²) in [6.45, 7) is 2.95. The summed E-state index contributed by atoms with van der Waals surface area (Å²) in [4.78, 5) is 19.6. The van der Waals surface area contributed by atoms with Gasteiger partial charge in [-0.05, 0) is 18.2 Å². The number of pyridine rings is 1. The average molecular weight is 365 g/mol. The first-order chi connectivity index (χ1) is 13.3. The summed E-state index contributed by atoms with van der Waals surface area (Å²) in [6, 6.07) is 10.8. The molecule has 0 unspecified atom stereocenters. The van der Waals surface area contributed by atoms with Gasteiger partial charge in [0.25, 0.3) is 0 Å². The van der Waals surface area contributed by atoms with E-state index < -0.39 is 0 Å². The Balaban J connectivity index is 1.65. The number of phenols is 1. The van der Waals surface area contributed by atoms with Crippen LogP contribution >= 0.6 is 0 Å². The van der Waals surface area contributed by atoms with Gasteiger partial charge in [0.05, 0.1) is 13.2 Å². The maximum absolute atomic E-state index is 9.78. The van der Waals surface area contributed by atoms with Crippen molar-refractivity contribution in [1.29, 1.82) is 0 Å². The molecule has 2 aromatic heterocycles. The molecule has 3 heterocycles. The maximum Gasteiger partial charge on any atom is 0.322 e. The summed E-state index contributed by atoms with van der Waals surface area (Å²) in [6.07, 6.45) is 3.45. The minimum atomic E-state index is 0.152. The first-order valence-corrected chi connectivity index (χ1v) is 8.68. The molecule has 0 radical (unpaired) electrons. The van der Waals surface area contributed by atoms with E-state index >= 15 is 0 Å². The summed E-state index contributed by atoms with van der Waals surface area (Å²) in [7, 11) is 0. The fourth-order valence-corrected chi connectivity index (χ4v) is 2.72. The highest BCUT2D eigenvalue weighted by molar-refractivity contribution is 5.59. The Kier molecular flexibility index (Phi) is 5.06. The van der Waals surface area contributed by atoms with Gasteiger partial charge in [0, 0.05) is 36.6 Å². The molecule has 1 aromatic carbocycles. The van der Waals surface area contributed by atoms with Crippen molar-refractivity contribution < 1.29 is 14.6 Å². The van der Waals surface area contributed by atoms with Gasteiger partial charge in [-0.3, -0.25) is 4.98 Å². The molecule has 138 valence electrons. The first kappa shape index (κ1) is 17.2. The van der Waals surface area contributed by atoms with Gasteiger partial charge in [0.1, 0.15) is 12.4 Å². The van der Waals surface area contributed by atoms with E-state index in [1.165, 1.54) is 0 Å². The number of aromatic hydroxyl groups is 1. The molecule has 4 rings (SSSR count). The number of nitrogens with zero attached hydrogens (tertiary/aromatic N) is 5. The SMILES string of the molecule is Oc1cccc(-c2nc(OCc3cccnc3)nc(N3CCOCC3)n2)c1. The number of ether oxygens (including phenoxy) is 2. The average Bonchev–Trinajstić information content (AvgIpc) is 2.73. The maximum atomic E-state index is 9.78. The fourth-order valence-electron chi connectivity index (χ4n) is 2.72. The van der Waals surface area contributed by atoms with Crippen molar-refractivity contribution in [3.05, 3.63) is 54.4 Å². The Labute approximate surface area is 156 Å². The van der Waals surface area contributed by atoms with Crippen LogP contribution in [0.2, 0.25) is 0 Å². The van der Waals surface area contributed by atoms with E-state index in [0.29, 0.717) is 50.2 Å². The van der Waals surface area contributed by atoms with Crippen LogP contribution in [-0.2, 0) is 11.3 Å². The topological polar surface area (TPSA) is 93.5 Å². The van der Waals surface area contributed by atoms with Crippen molar-refractivity contribution in [2.24, 2.45) is 0 Å². The summed E-state index contributed by atoms with van der Waals surface area (Å²) in [5, 5.41) is 9.78. The smallest absolute Gasteiger partial charge is 0.322 e. The second kappa shape index (κ2) is 7.96. The third-order valence-corrected chi connectivity index (χ3v) is 4.09. The Bertz CT molecular complexity index is 901. The first-order valence-electron chi connectivity index (χ1n) is 8.68. The molecule has 1 saturated heterocycles. The van der Waals surface area contributed by atoms with Crippen molar-refractivity contribution in [1.82, 2.24) is 19.9 Å². The predicted octanol–water partition coefficient (Wildman–Crippen LogP) is 2.05. The second-order valence-corrected chi connectivity index (χ2v) is 6.04. The molecule has 1 fully saturated rings. The standard InChI is InChI=1S/C19H19N5O3/c25-16-5-1-4-15(11-16)17-21-18(24-7-9-26-10-8-24)23-19(22-17)27-13-14-3-2-6-20-12-14/h1-6,11-12,25H,7-10,13H2. The fraction of sp³-hybridized carbons (Fsp3) is 0.263. The molecule has 0 atom stereocenters. The number of hydrogen-bond donors (Lipinski definition) is 1. The minimum Gasteiger partial charge on any atom is -0.508 e. The molecule has 1 aliphatic rings. The number of hydrogen-bond acceptors (Lipinski definition) is 8. The lowest BCUT2D eigenvalue weighted by Gasteiger charge is -2.27. The molecular formula is C19H19N5O3. The lowest BCUT2D eigenvalue weighted by atomic mass is 10.2. The highest BCUT2D eigenvalue weighted by Gasteiger charge is 2.18. The third kappa shape index (κ3) is 4.29. The Morgan fingerprint density at radius 2 is 1.96 bits per heavy atom. The Morgan fingerprint density at radius 3 is 2.74 bits per heavy atom. The van der Waals surface area contributed by atoms with Gasteiger partial charge in [-0.15, -0.1) is 0 Å². The Hall–Kier alpha value is -3.26. The third-order valence-electron chi connectivity index (χ3n) is 4.09. The van der Waals surface area contributed by atoms with Gasteiger partial charge in [-0.1, -0.05) is 18.2 Å². The number of phenolic OH excluding ortho intramolecular Hbond substituents is 1. The number of aromatic nitrogens is 4.